The van der Waals surface area contributed by atoms with Gasteiger partial charge >= 0.3 is 0 Å². The van der Waals surface area contributed by atoms with Crippen LogP contribution in [0, 0.1) is 12.7 Å². The topological polar surface area (TPSA) is 54.0 Å². The van der Waals surface area contributed by atoms with Gasteiger partial charge in [-0.05, 0) is 24.1 Å². The van der Waals surface area contributed by atoms with Crippen LogP contribution in [0.15, 0.2) is 24.4 Å². The van der Waals surface area contributed by atoms with Crippen molar-refractivity contribution >= 4 is 34.1 Å². The lowest BCUT2D eigenvalue weighted by Gasteiger charge is -2.22. The van der Waals surface area contributed by atoms with Crippen LogP contribution in [-0.4, -0.2) is 35.0 Å². The summed E-state index contributed by atoms with van der Waals surface area (Å²) in [6.45, 7) is 2.70. The van der Waals surface area contributed by atoms with E-state index in [1.165, 1.54) is 11.3 Å². The maximum Gasteiger partial charge on any atom is 0.227 e. The minimum Gasteiger partial charge on any atom is -0.312 e. The lowest BCUT2D eigenvalue weighted by Crippen LogP contribution is -2.39. The summed E-state index contributed by atoms with van der Waals surface area (Å²) in [4.78, 5) is 17.3. The summed E-state index contributed by atoms with van der Waals surface area (Å²) in [5, 5.41) is 6.81. The van der Waals surface area contributed by atoms with Crippen LogP contribution < -0.4 is 10.6 Å². The number of halogens is 1. The Hall–Kier alpha value is -1.44. The van der Waals surface area contributed by atoms with Crippen molar-refractivity contribution in [3.05, 3.63) is 46.2 Å². The number of nitrogens with zero attached hydrogens (tertiary/aromatic N) is 1. The van der Waals surface area contributed by atoms with Crippen LogP contribution >= 0.6 is 23.1 Å². The quantitative estimate of drug-likeness (QED) is 0.854. The Balaban J connectivity index is 1.54. The van der Waals surface area contributed by atoms with E-state index in [-0.39, 0.29) is 17.8 Å². The molecule has 1 aromatic heterocycles. The summed E-state index contributed by atoms with van der Waals surface area (Å²) in [6, 6.07) is 5.49. The van der Waals surface area contributed by atoms with Gasteiger partial charge in [-0.2, -0.15) is 11.8 Å². The number of hydrogen-bond donors (Lipinski definition) is 2. The highest BCUT2D eigenvalue weighted by Gasteiger charge is 2.17. The van der Waals surface area contributed by atoms with E-state index in [0.717, 1.165) is 28.5 Å². The van der Waals surface area contributed by atoms with Gasteiger partial charge in [-0.3, -0.25) is 4.79 Å². The van der Waals surface area contributed by atoms with E-state index in [4.69, 9.17) is 0 Å². The fourth-order valence-corrected chi connectivity index (χ4v) is 4.35. The zero-order chi connectivity index (χ0) is 16.9. The summed E-state index contributed by atoms with van der Waals surface area (Å²) >= 11 is 3.31. The number of anilines is 1. The Bertz CT molecular complexity index is 714. The monoisotopic (exact) mass is 365 g/mol. The molecule has 1 aliphatic rings. The van der Waals surface area contributed by atoms with E-state index < -0.39 is 0 Å². The molecule has 7 heteroatoms. The van der Waals surface area contributed by atoms with Crippen LogP contribution in [0.2, 0.25) is 0 Å². The molecule has 2 heterocycles. The number of benzene rings is 1. The van der Waals surface area contributed by atoms with Crippen molar-refractivity contribution in [2.45, 2.75) is 25.8 Å². The van der Waals surface area contributed by atoms with Crippen LogP contribution in [0.3, 0.4) is 0 Å². The number of aromatic nitrogens is 1. The van der Waals surface area contributed by atoms with E-state index in [1.807, 2.05) is 17.8 Å². The molecule has 128 valence electrons. The number of thiazole rings is 1. The molecule has 3 rings (SSSR count). The predicted octanol–water partition coefficient (Wildman–Crippen LogP) is 3.22. The van der Waals surface area contributed by atoms with E-state index in [9.17, 15) is 9.18 Å². The molecule has 1 aromatic carbocycles. The van der Waals surface area contributed by atoms with Crippen molar-refractivity contribution in [3.8, 4) is 0 Å². The summed E-state index contributed by atoms with van der Waals surface area (Å²) in [5.41, 5.74) is 1.55. The molecule has 0 aliphatic carbocycles. The van der Waals surface area contributed by atoms with Crippen molar-refractivity contribution in [3.63, 3.8) is 0 Å². The highest BCUT2D eigenvalue weighted by Crippen LogP contribution is 2.22. The van der Waals surface area contributed by atoms with Gasteiger partial charge in [0.05, 0.1) is 0 Å². The molecular weight excluding hydrogens is 345 g/mol. The van der Waals surface area contributed by atoms with E-state index in [0.29, 0.717) is 23.5 Å². The molecule has 1 saturated heterocycles. The van der Waals surface area contributed by atoms with Crippen LogP contribution in [0.25, 0.3) is 0 Å². The SMILES string of the molecule is Cc1ccc(Cc2cnc(NC(=O)CC3CSCCN3)s2)cc1F. The van der Waals surface area contributed by atoms with Gasteiger partial charge in [-0.25, -0.2) is 9.37 Å². The minimum absolute atomic E-state index is 0.0164. The first-order valence-corrected chi connectivity index (χ1v) is 9.88. The second kappa shape index (κ2) is 8.09. The molecule has 0 saturated carbocycles. The molecule has 2 N–H and O–H groups in total. The van der Waals surface area contributed by atoms with Crippen LogP contribution in [-0.2, 0) is 11.2 Å². The largest absolute Gasteiger partial charge is 0.312 e. The summed E-state index contributed by atoms with van der Waals surface area (Å²) in [7, 11) is 0. The van der Waals surface area contributed by atoms with Crippen LogP contribution in [0.5, 0.6) is 0 Å². The molecule has 1 atom stereocenters. The van der Waals surface area contributed by atoms with E-state index >= 15 is 0 Å². The Labute approximate surface area is 149 Å². The first-order valence-electron chi connectivity index (χ1n) is 7.91. The molecular formula is C17H20FN3OS2. The second-order valence-corrected chi connectivity index (χ2v) is 8.14. The number of amides is 1. The van der Waals surface area contributed by atoms with Crippen molar-refractivity contribution in [1.29, 1.82) is 0 Å². The normalized spacial score (nSPS) is 17.7. The Morgan fingerprint density at radius 1 is 1.50 bits per heavy atom. The van der Waals surface area contributed by atoms with Crippen LogP contribution in [0.1, 0.15) is 22.4 Å². The number of carbonyl (C=O) groups is 1. The third-order valence-corrected chi connectivity index (χ3v) is 5.89. The van der Waals surface area contributed by atoms with Crippen molar-refractivity contribution in [1.82, 2.24) is 10.3 Å². The standard InChI is InChI=1S/C17H20FN3OS2/c1-11-2-3-12(7-15(11)18)6-14-9-20-17(24-14)21-16(22)8-13-10-23-5-4-19-13/h2-3,7,9,13,19H,4-6,8,10H2,1H3,(H,20,21,22). The first kappa shape index (κ1) is 17.4. The molecule has 0 bridgehead atoms. The highest BCUT2D eigenvalue weighted by molar-refractivity contribution is 7.99. The number of rotatable bonds is 5. The van der Waals surface area contributed by atoms with Crippen molar-refractivity contribution in [2.75, 3.05) is 23.4 Å². The zero-order valence-corrected chi connectivity index (χ0v) is 15.1. The average Bonchev–Trinajstić information content (AvgIpc) is 2.98. The summed E-state index contributed by atoms with van der Waals surface area (Å²) in [5.74, 6) is 1.86. The fourth-order valence-electron chi connectivity index (χ4n) is 2.54. The van der Waals surface area contributed by atoms with Crippen molar-refractivity contribution < 1.29 is 9.18 Å². The van der Waals surface area contributed by atoms with Gasteiger partial charge < -0.3 is 10.6 Å². The molecule has 24 heavy (non-hydrogen) atoms. The third-order valence-electron chi connectivity index (χ3n) is 3.84. The Morgan fingerprint density at radius 2 is 2.38 bits per heavy atom. The average molecular weight is 365 g/mol. The van der Waals surface area contributed by atoms with Crippen molar-refractivity contribution in [2.24, 2.45) is 0 Å². The second-order valence-electron chi connectivity index (χ2n) is 5.87. The molecule has 1 unspecified atom stereocenters. The van der Waals surface area contributed by atoms with Gasteiger partial charge in [0.15, 0.2) is 5.13 Å². The molecule has 4 nitrogen and oxygen atoms in total. The molecule has 0 spiro atoms. The molecule has 1 fully saturated rings. The van der Waals surface area contributed by atoms with E-state index in [1.54, 1.807) is 25.3 Å². The minimum atomic E-state index is -0.191. The van der Waals surface area contributed by atoms with Gasteiger partial charge in [-0.1, -0.05) is 12.1 Å². The molecule has 1 aliphatic heterocycles. The molecule has 1 amide bonds. The summed E-state index contributed by atoms with van der Waals surface area (Å²) < 4.78 is 13.6. The predicted molar refractivity (Wildman–Crippen MR) is 98.4 cm³/mol. The van der Waals surface area contributed by atoms with Gasteiger partial charge in [0.25, 0.3) is 0 Å². The number of nitrogens with one attached hydrogen (secondary N) is 2. The lowest BCUT2D eigenvalue weighted by molar-refractivity contribution is -0.116. The maximum atomic E-state index is 13.6. The van der Waals surface area contributed by atoms with Gasteiger partial charge in [0.2, 0.25) is 5.91 Å². The number of carbonyl (C=O) groups excluding carboxylic acids is 1. The van der Waals surface area contributed by atoms with Crippen LogP contribution in [0.4, 0.5) is 9.52 Å². The molecule has 0 radical (unpaired) electrons. The first-order chi connectivity index (χ1) is 11.6. The summed E-state index contributed by atoms with van der Waals surface area (Å²) in [6.07, 6.45) is 2.82. The Kier molecular flexibility index (Phi) is 5.86. The number of hydrogen-bond acceptors (Lipinski definition) is 5. The van der Waals surface area contributed by atoms with Gasteiger partial charge in [0.1, 0.15) is 5.82 Å². The number of thioether (sulfide) groups is 1. The van der Waals surface area contributed by atoms with E-state index in [2.05, 4.69) is 15.6 Å². The number of aryl methyl sites for hydroxylation is 1. The molecule has 2 aromatic rings. The third kappa shape index (κ3) is 4.78. The maximum absolute atomic E-state index is 13.6. The smallest absolute Gasteiger partial charge is 0.227 e. The Morgan fingerprint density at radius 3 is 3.12 bits per heavy atom. The lowest BCUT2D eigenvalue weighted by atomic mass is 10.1. The van der Waals surface area contributed by atoms with Gasteiger partial charge in [0, 0.05) is 48.0 Å². The zero-order valence-electron chi connectivity index (χ0n) is 13.5. The fraction of sp³-hybridized carbons (Fsp3) is 0.412. The highest BCUT2D eigenvalue weighted by atomic mass is 32.2. The van der Waals surface area contributed by atoms with Gasteiger partial charge in [-0.15, -0.1) is 11.3 Å².